The summed E-state index contributed by atoms with van der Waals surface area (Å²) in [5.74, 6) is -3.38. The summed E-state index contributed by atoms with van der Waals surface area (Å²) in [7, 11) is 1.52. The fourth-order valence-corrected chi connectivity index (χ4v) is 2.93. The van der Waals surface area contributed by atoms with Crippen LogP contribution in [0.5, 0.6) is 0 Å². The van der Waals surface area contributed by atoms with E-state index in [9.17, 15) is 18.0 Å². The third kappa shape index (κ3) is 2.83. The van der Waals surface area contributed by atoms with Gasteiger partial charge >= 0.3 is 0 Å². The third-order valence-corrected chi connectivity index (χ3v) is 4.31. The summed E-state index contributed by atoms with van der Waals surface area (Å²) >= 11 is 0. The van der Waals surface area contributed by atoms with Crippen LogP contribution in [0, 0.1) is 17.5 Å². The second kappa shape index (κ2) is 5.72. The Balaban J connectivity index is 1.82. The first-order valence-electron chi connectivity index (χ1n) is 7.38. The molecule has 0 aromatic heterocycles. The Kier molecular flexibility index (Phi) is 3.88. The number of carbonyl (C=O) groups is 1. The molecule has 1 saturated carbocycles. The Morgan fingerprint density at radius 1 is 1.13 bits per heavy atom. The molecule has 1 fully saturated rings. The quantitative estimate of drug-likeness (QED) is 0.785. The molecule has 0 atom stereocenters. The largest absolute Gasteiger partial charge is 0.341 e. The minimum absolute atomic E-state index is 0.159. The van der Waals surface area contributed by atoms with E-state index in [0.29, 0.717) is 6.07 Å². The van der Waals surface area contributed by atoms with Crippen molar-refractivity contribution in [2.45, 2.75) is 24.8 Å². The predicted octanol–water partition coefficient (Wildman–Crippen LogP) is 3.79. The van der Waals surface area contributed by atoms with Crippen molar-refractivity contribution in [3.63, 3.8) is 0 Å². The first kappa shape index (κ1) is 15.6. The van der Waals surface area contributed by atoms with Crippen LogP contribution in [0.2, 0.25) is 0 Å². The van der Waals surface area contributed by atoms with E-state index in [0.717, 1.165) is 24.5 Å². The molecular formula is C18H16F3NO. The van der Waals surface area contributed by atoms with Gasteiger partial charge in [-0.2, -0.15) is 0 Å². The van der Waals surface area contributed by atoms with Gasteiger partial charge in [-0.1, -0.05) is 30.3 Å². The lowest BCUT2D eigenvalue weighted by Crippen LogP contribution is -2.36. The lowest BCUT2D eigenvalue weighted by Gasteiger charge is -2.24. The van der Waals surface area contributed by atoms with Gasteiger partial charge in [0, 0.05) is 25.2 Å². The first-order chi connectivity index (χ1) is 10.9. The highest BCUT2D eigenvalue weighted by Crippen LogP contribution is 2.49. The Hall–Kier alpha value is -2.30. The highest BCUT2D eigenvalue weighted by atomic mass is 19.2. The van der Waals surface area contributed by atoms with Crippen molar-refractivity contribution in [3.8, 4) is 0 Å². The number of rotatable bonds is 4. The van der Waals surface area contributed by atoms with E-state index < -0.39 is 22.9 Å². The first-order valence-corrected chi connectivity index (χ1v) is 7.38. The molecule has 5 heteroatoms. The summed E-state index contributed by atoms with van der Waals surface area (Å²) in [4.78, 5) is 14.1. The number of hydrogen-bond acceptors (Lipinski definition) is 1. The van der Waals surface area contributed by atoms with E-state index in [4.69, 9.17) is 0 Å². The maximum atomic E-state index is 13.8. The van der Waals surface area contributed by atoms with Crippen LogP contribution in [0.1, 0.15) is 24.0 Å². The second-order valence-corrected chi connectivity index (χ2v) is 5.97. The minimum atomic E-state index is -1.25. The molecule has 1 aliphatic rings. The average Bonchev–Trinajstić information content (AvgIpc) is 3.34. The van der Waals surface area contributed by atoms with Crippen LogP contribution in [-0.4, -0.2) is 17.9 Å². The summed E-state index contributed by atoms with van der Waals surface area (Å²) in [6, 6.07) is 10.8. The Labute approximate surface area is 132 Å². The fourth-order valence-electron chi connectivity index (χ4n) is 2.93. The highest BCUT2D eigenvalue weighted by Gasteiger charge is 2.52. The van der Waals surface area contributed by atoms with Crippen molar-refractivity contribution in [2.75, 3.05) is 7.05 Å². The van der Waals surface area contributed by atoms with Crippen LogP contribution >= 0.6 is 0 Å². The molecule has 120 valence electrons. The fraction of sp³-hybridized carbons (Fsp3) is 0.278. The third-order valence-electron chi connectivity index (χ3n) is 4.31. The number of likely N-dealkylation sites (N-methyl/N-ethyl adjacent to an activating group) is 1. The lowest BCUT2D eigenvalue weighted by atomic mass is 9.94. The van der Waals surface area contributed by atoms with Crippen molar-refractivity contribution >= 4 is 5.91 Å². The number of hydrogen-bond donors (Lipinski definition) is 0. The smallest absolute Gasteiger partial charge is 0.233 e. The van der Waals surface area contributed by atoms with Crippen molar-refractivity contribution in [1.82, 2.24) is 4.90 Å². The van der Waals surface area contributed by atoms with Crippen LogP contribution in [0.4, 0.5) is 13.2 Å². The zero-order chi connectivity index (χ0) is 16.6. The summed E-state index contributed by atoms with van der Waals surface area (Å²) in [6.45, 7) is -0.173. The molecule has 3 rings (SSSR count). The molecule has 0 aliphatic heterocycles. The number of nitrogens with zero attached hydrogens (tertiary/aromatic N) is 1. The molecule has 2 nitrogen and oxygen atoms in total. The topological polar surface area (TPSA) is 20.3 Å². The van der Waals surface area contributed by atoms with Crippen LogP contribution in [0.15, 0.2) is 42.5 Å². The van der Waals surface area contributed by atoms with Crippen molar-refractivity contribution in [2.24, 2.45) is 0 Å². The van der Waals surface area contributed by atoms with Gasteiger partial charge in [-0.05, 0) is 24.5 Å². The van der Waals surface area contributed by atoms with Crippen LogP contribution in [0.3, 0.4) is 0 Å². The molecule has 0 bridgehead atoms. The number of amides is 1. The van der Waals surface area contributed by atoms with Gasteiger partial charge in [-0.25, -0.2) is 13.2 Å². The lowest BCUT2D eigenvalue weighted by molar-refractivity contribution is -0.133. The summed E-state index contributed by atoms with van der Waals surface area (Å²) in [6.07, 6.45) is 1.44. The van der Waals surface area contributed by atoms with E-state index in [1.54, 1.807) is 0 Å². The van der Waals surface area contributed by atoms with E-state index in [2.05, 4.69) is 0 Å². The van der Waals surface area contributed by atoms with E-state index in [1.165, 1.54) is 11.9 Å². The molecule has 1 amide bonds. The van der Waals surface area contributed by atoms with Gasteiger partial charge in [-0.3, -0.25) is 4.79 Å². The zero-order valence-electron chi connectivity index (χ0n) is 12.7. The second-order valence-electron chi connectivity index (χ2n) is 5.97. The van der Waals surface area contributed by atoms with Gasteiger partial charge in [-0.15, -0.1) is 0 Å². The molecule has 2 aromatic carbocycles. The van der Waals surface area contributed by atoms with Gasteiger partial charge in [0.25, 0.3) is 0 Å². The number of halogens is 3. The molecule has 0 heterocycles. The predicted molar refractivity (Wildman–Crippen MR) is 80.1 cm³/mol. The van der Waals surface area contributed by atoms with Crippen molar-refractivity contribution in [1.29, 1.82) is 0 Å². The normalized spacial score (nSPS) is 15.3. The molecule has 2 aromatic rings. The molecule has 23 heavy (non-hydrogen) atoms. The SMILES string of the molecule is CN(Cc1cc(F)cc(F)c1F)C(=O)C1(c2ccccc2)CC1. The Morgan fingerprint density at radius 2 is 1.78 bits per heavy atom. The molecule has 0 spiro atoms. The van der Waals surface area contributed by atoms with Gasteiger partial charge in [0.1, 0.15) is 5.82 Å². The molecule has 0 saturated heterocycles. The summed E-state index contributed by atoms with van der Waals surface area (Å²) in [5.41, 5.74) is 0.170. The number of carbonyl (C=O) groups excluding carboxylic acids is 1. The van der Waals surface area contributed by atoms with Crippen molar-refractivity contribution < 1.29 is 18.0 Å². The van der Waals surface area contributed by atoms with Crippen molar-refractivity contribution in [3.05, 3.63) is 71.0 Å². The standard InChI is InChI=1S/C18H16F3NO/c1-22(11-12-9-14(19)10-15(20)16(12)21)17(23)18(7-8-18)13-5-3-2-4-6-13/h2-6,9-10H,7-8,11H2,1H3. The molecular weight excluding hydrogens is 303 g/mol. The van der Waals surface area contributed by atoms with Crippen LogP contribution in [-0.2, 0) is 16.8 Å². The summed E-state index contributed by atoms with van der Waals surface area (Å²) < 4.78 is 40.3. The Morgan fingerprint density at radius 3 is 2.39 bits per heavy atom. The molecule has 1 aliphatic carbocycles. The molecule has 0 unspecified atom stereocenters. The summed E-state index contributed by atoms with van der Waals surface area (Å²) in [5, 5.41) is 0. The van der Waals surface area contributed by atoms with Gasteiger partial charge in [0.15, 0.2) is 11.6 Å². The Bertz CT molecular complexity index is 741. The minimum Gasteiger partial charge on any atom is -0.341 e. The maximum Gasteiger partial charge on any atom is 0.233 e. The monoisotopic (exact) mass is 319 g/mol. The van der Waals surface area contributed by atoms with E-state index in [-0.39, 0.29) is 18.0 Å². The zero-order valence-corrected chi connectivity index (χ0v) is 12.7. The average molecular weight is 319 g/mol. The van der Waals surface area contributed by atoms with Gasteiger partial charge in [0.05, 0.1) is 5.41 Å². The van der Waals surface area contributed by atoms with E-state index >= 15 is 0 Å². The van der Waals surface area contributed by atoms with E-state index in [1.807, 2.05) is 30.3 Å². The molecule has 0 N–H and O–H groups in total. The van der Waals surface area contributed by atoms with Gasteiger partial charge < -0.3 is 4.90 Å². The maximum absolute atomic E-state index is 13.8. The van der Waals surface area contributed by atoms with Crippen LogP contribution < -0.4 is 0 Å². The highest BCUT2D eigenvalue weighted by molar-refractivity contribution is 5.91. The number of benzene rings is 2. The van der Waals surface area contributed by atoms with Crippen LogP contribution in [0.25, 0.3) is 0 Å². The molecule has 0 radical (unpaired) electrons. The van der Waals surface area contributed by atoms with Gasteiger partial charge in [0.2, 0.25) is 5.91 Å².